The molecule has 0 aromatic heterocycles. The molecular weight excluding hydrogens is 425 g/mol. The van der Waals surface area contributed by atoms with E-state index < -0.39 is 9.84 Å². The number of sulfone groups is 1. The summed E-state index contributed by atoms with van der Waals surface area (Å²) >= 11 is 0. The van der Waals surface area contributed by atoms with Crippen LogP contribution in [0.1, 0.15) is 36.8 Å². The summed E-state index contributed by atoms with van der Waals surface area (Å²) in [5.41, 5.74) is 7.83. The summed E-state index contributed by atoms with van der Waals surface area (Å²) in [5.74, 6) is 0.610. The summed E-state index contributed by atoms with van der Waals surface area (Å²) in [6.07, 6.45) is 6.06. The van der Waals surface area contributed by atoms with Crippen molar-refractivity contribution >= 4 is 39.8 Å². The minimum atomic E-state index is -3.05. The number of benzene rings is 1. The lowest BCUT2D eigenvalue weighted by atomic mass is 10.1. The summed E-state index contributed by atoms with van der Waals surface area (Å²) < 4.78 is 23.0. The highest BCUT2D eigenvalue weighted by Gasteiger charge is 2.12. The molecule has 7 heteroatoms. The van der Waals surface area contributed by atoms with Crippen molar-refractivity contribution in [1.29, 1.82) is 0 Å². The van der Waals surface area contributed by atoms with Crippen molar-refractivity contribution in [3.05, 3.63) is 35.4 Å². The van der Waals surface area contributed by atoms with Crippen LogP contribution in [0, 0.1) is 0 Å². The van der Waals surface area contributed by atoms with E-state index in [1.165, 1.54) is 19.1 Å². The van der Waals surface area contributed by atoms with Crippen LogP contribution in [-0.4, -0.2) is 38.6 Å². The topological polar surface area (TPSA) is 75.8 Å². The van der Waals surface area contributed by atoms with Crippen LogP contribution < -0.4 is 5.73 Å². The fourth-order valence-electron chi connectivity index (χ4n) is 2.70. The van der Waals surface area contributed by atoms with Gasteiger partial charge < -0.3 is 10.6 Å². The average Bonchev–Trinajstić information content (AvgIpc) is 2.73. The normalized spacial score (nSPS) is 16.6. The molecule has 0 radical (unpaired) electrons. The Hall–Kier alpha value is -0.830. The molecule has 1 heterocycles. The molecule has 5 nitrogen and oxygen atoms in total. The Kier molecular flexibility index (Phi) is 8.32. The highest BCUT2D eigenvalue weighted by molar-refractivity contribution is 14.0. The van der Waals surface area contributed by atoms with E-state index >= 15 is 0 Å². The molecule has 2 rings (SSSR count). The van der Waals surface area contributed by atoms with Crippen LogP contribution in [0.4, 0.5) is 0 Å². The third-order valence-corrected chi connectivity index (χ3v) is 4.71. The molecule has 0 bridgehead atoms. The molecule has 23 heavy (non-hydrogen) atoms. The van der Waals surface area contributed by atoms with Crippen molar-refractivity contribution < 1.29 is 8.42 Å². The molecule has 0 aliphatic carbocycles. The largest absolute Gasteiger partial charge is 0.370 e. The second-order valence-electron chi connectivity index (χ2n) is 5.91. The molecule has 0 unspecified atom stereocenters. The molecule has 2 N–H and O–H groups in total. The summed E-state index contributed by atoms with van der Waals surface area (Å²) in [5, 5.41) is 0. The Balaban J connectivity index is 0.00000264. The molecule has 1 aromatic carbocycles. The van der Waals surface area contributed by atoms with Crippen LogP contribution >= 0.6 is 24.0 Å². The Morgan fingerprint density at radius 2 is 1.70 bits per heavy atom. The van der Waals surface area contributed by atoms with Crippen molar-refractivity contribution in [1.82, 2.24) is 4.90 Å². The summed E-state index contributed by atoms with van der Waals surface area (Å²) in [4.78, 5) is 6.61. The van der Waals surface area contributed by atoms with E-state index in [-0.39, 0.29) is 29.7 Å². The minimum Gasteiger partial charge on any atom is -0.370 e. The zero-order valence-electron chi connectivity index (χ0n) is 13.6. The van der Waals surface area contributed by atoms with Crippen molar-refractivity contribution in [2.45, 2.75) is 38.0 Å². The number of aliphatic imine (C=N–C) groups is 1. The van der Waals surface area contributed by atoms with Gasteiger partial charge in [0.05, 0.1) is 12.3 Å². The molecule has 1 aliphatic heterocycles. The molecule has 0 atom stereocenters. The first-order valence-electron chi connectivity index (χ1n) is 7.75. The second-order valence-corrected chi connectivity index (χ2v) is 8.05. The number of hydrogen-bond acceptors (Lipinski definition) is 3. The van der Waals surface area contributed by atoms with Gasteiger partial charge in [-0.15, -0.1) is 24.0 Å². The Morgan fingerprint density at radius 3 is 2.26 bits per heavy atom. The molecule has 1 aliphatic rings. The fraction of sp³-hybridized carbons (Fsp3) is 0.562. The van der Waals surface area contributed by atoms with E-state index in [0.29, 0.717) is 12.5 Å². The Bertz CT molecular complexity index is 624. The van der Waals surface area contributed by atoms with Crippen LogP contribution in [-0.2, 0) is 22.1 Å². The van der Waals surface area contributed by atoms with Gasteiger partial charge in [-0.25, -0.2) is 13.4 Å². The van der Waals surface area contributed by atoms with Gasteiger partial charge in [-0.05, 0) is 24.0 Å². The smallest absolute Gasteiger partial charge is 0.191 e. The lowest BCUT2D eigenvalue weighted by Gasteiger charge is -2.21. The predicted molar refractivity (Wildman–Crippen MR) is 106 cm³/mol. The van der Waals surface area contributed by atoms with Gasteiger partial charge in [0.25, 0.3) is 0 Å². The first-order chi connectivity index (χ1) is 10.5. The first-order valence-corrected chi connectivity index (χ1v) is 9.81. The number of hydrogen-bond donors (Lipinski definition) is 1. The van der Waals surface area contributed by atoms with Gasteiger partial charge in [-0.3, -0.25) is 0 Å². The molecule has 1 saturated heterocycles. The molecule has 0 saturated carbocycles. The molecular formula is C16H26IN3O2S. The van der Waals surface area contributed by atoms with Crippen LogP contribution in [0.3, 0.4) is 0 Å². The lowest BCUT2D eigenvalue weighted by Crippen LogP contribution is -2.38. The zero-order valence-corrected chi connectivity index (χ0v) is 16.7. The first kappa shape index (κ1) is 20.2. The van der Waals surface area contributed by atoms with E-state index in [4.69, 9.17) is 5.73 Å². The number of nitrogens with zero attached hydrogens (tertiary/aromatic N) is 2. The van der Waals surface area contributed by atoms with Gasteiger partial charge in [-0.1, -0.05) is 37.1 Å². The van der Waals surface area contributed by atoms with Gasteiger partial charge in [0, 0.05) is 19.3 Å². The monoisotopic (exact) mass is 451 g/mol. The van der Waals surface area contributed by atoms with Crippen molar-refractivity contribution in [3.8, 4) is 0 Å². The predicted octanol–water partition coefficient (Wildman–Crippen LogP) is 2.54. The maximum absolute atomic E-state index is 11.5. The quantitative estimate of drug-likeness (QED) is 0.434. The summed E-state index contributed by atoms with van der Waals surface area (Å²) in [6.45, 7) is 2.34. The maximum atomic E-state index is 11.5. The second kappa shape index (κ2) is 9.46. The van der Waals surface area contributed by atoms with Crippen LogP contribution in [0.2, 0.25) is 0 Å². The lowest BCUT2D eigenvalue weighted by molar-refractivity contribution is 0.428. The van der Waals surface area contributed by atoms with E-state index in [2.05, 4.69) is 9.89 Å². The highest BCUT2D eigenvalue weighted by atomic mass is 127. The third kappa shape index (κ3) is 7.07. The van der Waals surface area contributed by atoms with Crippen LogP contribution in [0.5, 0.6) is 0 Å². The van der Waals surface area contributed by atoms with Crippen molar-refractivity contribution in [2.24, 2.45) is 10.7 Å². The Morgan fingerprint density at radius 1 is 1.13 bits per heavy atom. The van der Waals surface area contributed by atoms with Gasteiger partial charge in [0.1, 0.15) is 0 Å². The number of nitrogens with two attached hydrogens (primary N) is 1. The maximum Gasteiger partial charge on any atom is 0.191 e. The molecule has 0 amide bonds. The summed E-state index contributed by atoms with van der Waals surface area (Å²) in [6, 6.07) is 7.51. The fourth-order valence-corrected chi connectivity index (χ4v) is 3.55. The SMILES string of the molecule is CS(=O)(=O)Cc1ccccc1CN=C(N)N1CCCCCC1.I. The van der Waals surface area contributed by atoms with E-state index in [0.717, 1.165) is 37.1 Å². The molecule has 1 fully saturated rings. The summed E-state index contributed by atoms with van der Waals surface area (Å²) in [7, 11) is -3.05. The van der Waals surface area contributed by atoms with Crippen LogP contribution in [0.25, 0.3) is 0 Å². The minimum absolute atomic E-state index is 0. The highest BCUT2D eigenvalue weighted by Crippen LogP contribution is 2.14. The number of guanidine groups is 1. The zero-order chi connectivity index (χ0) is 16.0. The van der Waals surface area contributed by atoms with Gasteiger partial charge >= 0.3 is 0 Å². The number of rotatable bonds is 4. The van der Waals surface area contributed by atoms with Gasteiger partial charge in [0.2, 0.25) is 0 Å². The van der Waals surface area contributed by atoms with E-state index in [1.807, 2.05) is 24.3 Å². The number of likely N-dealkylation sites (tertiary alicyclic amines) is 1. The molecule has 0 spiro atoms. The van der Waals surface area contributed by atoms with Crippen molar-refractivity contribution in [3.63, 3.8) is 0 Å². The Labute approximate surface area is 156 Å². The molecule has 130 valence electrons. The number of halogens is 1. The standard InChI is InChI=1S/C16H25N3O2S.HI/c1-22(20,21)13-15-9-5-4-8-14(15)12-18-16(17)19-10-6-2-3-7-11-19;/h4-5,8-9H,2-3,6-7,10-13H2,1H3,(H2,17,18);1H. The van der Waals surface area contributed by atoms with Crippen LogP contribution in [0.15, 0.2) is 29.3 Å². The average molecular weight is 451 g/mol. The third-order valence-electron chi connectivity index (χ3n) is 3.88. The van der Waals surface area contributed by atoms with Gasteiger partial charge in [0.15, 0.2) is 15.8 Å². The van der Waals surface area contributed by atoms with E-state index in [9.17, 15) is 8.42 Å². The molecule has 1 aromatic rings. The van der Waals surface area contributed by atoms with Crippen molar-refractivity contribution in [2.75, 3.05) is 19.3 Å². The van der Waals surface area contributed by atoms with Gasteiger partial charge in [-0.2, -0.15) is 0 Å². The van der Waals surface area contributed by atoms with E-state index in [1.54, 1.807) is 0 Å².